The maximum absolute atomic E-state index is 12.8. The van der Waals surface area contributed by atoms with Crippen LogP contribution in [-0.2, 0) is 17.6 Å². The molecule has 228 valence electrons. The number of likely N-dealkylation sites (N-methyl/N-ethyl adjacent to an activating group) is 1. The van der Waals surface area contributed by atoms with Crippen molar-refractivity contribution >= 4 is 5.91 Å². The van der Waals surface area contributed by atoms with Crippen molar-refractivity contribution in [1.29, 1.82) is 5.26 Å². The summed E-state index contributed by atoms with van der Waals surface area (Å²) in [5.74, 6) is 2.18. The summed E-state index contributed by atoms with van der Waals surface area (Å²) in [6.07, 6.45) is 2.78. The fourth-order valence-electron chi connectivity index (χ4n) is 7.73. The van der Waals surface area contributed by atoms with E-state index in [1.54, 1.807) is 20.1 Å². The number of hydrogen-bond donors (Lipinski definition) is 3. The molecule has 0 spiro atoms. The first-order valence-electron chi connectivity index (χ1n) is 14.6. The van der Waals surface area contributed by atoms with Gasteiger partial charge in [-0.15, -0.1) is 0 Å². The van der Waals surface area contributed by atoms with Gasteiger partial charge in [-0.1, -0.05) is 18.7 Å². The van der Waals surface area contributed by atoms with Crippen LogP contribution in [0, 0.1) is 25.2 Å². The lowest BCUT2D eigenvalue weighted by atomic mass is 9.71. The molecule has 4 N–H and O–H groups in total. The molecule has 0 radical (unpaired) electrons. The third-order valence-electron chi connectivity index (χ3n) is 9.49. The molecule has 2 aromatic rings. The van der Waals surface area contributed by atoms with Crippen LogP contribution in [0.1, 0.15) is 52.4 Å². The van der Waals surface area contributed by atoms with Crippen molar-refractivity contribution in [2.24, 2.45) is 5.73 Å². The molecule has 0 saturated carbocycles. The van der Waals surface area contributed by atoms with Gasteiger partial charge in [0.2, 0.25) is 12.7 Å². The van der Waals surface area contributed by atoms with E-state index >= 15 is 0 Å². The Bertz CT molecular complexity index is 1530. The van der Waals surface area contributed by atoms with Gasteiger partial charge in [-0.25, -0.2) is 0 Å². The number of phenolic OH excluding ortho intramolecular Hbond substituents is 1. The average molecular weight is 590 g/mol. The van der Waals surface area contributed by atoms with Crippen LogP contribution in [0.4, 0.5) is 0 Å². The van der Waals surface area contributed by atoms with Crippen LogP contribution in [0.3, 0.4) is 0 Å². The van der Waals surface area contributed by atoms with Crippen LogP contribution < -0.4 is 30.0 Å². The van der Waals surface area contributed by atoms with Crippen LogP contribution in [0.25, 0.3) is 0 Å². The molecule has 4 aliphatic rings. The van der Waals surface area contributed by atoms with Crippen LogP contribution in [0.15, 0.2) is 18.7 Å². The number of benzene rings is 2. The minimum atomic E-state index is -0.702. The van der Waals surface area contributed by atoms with Gasteiger partial charge in [-0.3, -0.25) is 14.6 Å². The van der Waals surface area contributed by atoms with Crippen molar-refractivity contribution in [2.45, 2.75) is 69.9 Å². The summed E-state index contributed by atoms with van der Waals surface area (Å²) in [6.45, 7) is 9.89. The Morgan fingerprint density at radius 3 is 2.70 bits per heavy atom. The number of fused-ring (bicyclic) bond motifs is 9. The molecule has 1 amide bonds. The van der Waals surface area contributed by atoms with Crippen LogP contribution in [0.5, 0.6) is 28.7 Å². The van der Waals surface area contributed by atoms with Crippen molar-refractivity contribution < 1.29 is 28.8 Å². The van der Waals surface area contributed by atoms with Crippen LogP contribution in [0.2, 0.25) is 0 Å². The number of nitrogens with two attached hydrogens (primary N) is 1. The Kier molecular flexibility index (Phi) is 7.40. The SMILES string of the molecule is C=CCOc1c(C)c2c(c3c1C[C@H]1[C@H]4c5c(cc(C)c(OC)c5O)C[C@@H]([C@H](C#N)N1[C@H]3CNC(=O)[C@H](C)N)N4C)OCO2. The number of carbonyl (C=O) groups excluding carboxylic acids is 1. The third kappa shape index (κ3) is 4.31. The number of methoxy groups -OCH3 is 1. The fraction of sp³-hybridized carbons (Fsp3) is 0.500. The zero-order chi connectivity index (χ0) is 30.7. The summed E-state index contributed by atoms with van der Waals surface area (Å²) >= 11 is 0. The molecule has 43 heavy (non-hydrogen) atoms. The number of ether oxygens (including phenoxy) is 4. The molecule has 6 atom stereocenters. The van der Waals surface area contributed by atoms with Gasteiger partial charge in [0, 0.05) is 40.9 Å². The second-order valence-corrected chi connectivity index (χ2v) is 11.9. The number of nitriles is 1. The maximum atomic E-state index is 12.8. The van der Waals surface area contributed by atoms with E-state index in [-0.39, 0.29) is 43.1 Å². The lowest BCUT2D eigenvalue weighted by Crippen LogP contribution is -2.68. The fourth-order valence-corrected chi connectivity index (χ4v) is 7.73. The van der Waals surface area contributed by atoms with E-state index in [1.165, 1.54) is 0 Å². The molecule has 11 nitrogen and oxygen atoms in total. The predicted octanol–water partition coefficient (Wildman–Crippen LogP) is 2.55. The Morgan fingerprint density at radius 2 is 2.02 bits per heavy atom. The summed E-state index contributed by atoms with van der Waals surface area (Å²) in [5, 5.41) is 25.4. The van der Waals surface area contributed by atoms with Gasteiger partial charge < -0.3 is 35.1 Å². The Morgan fingerprint density at radius 1 is 1.28 bits per heavy atom. The molecule has 0 aromatic heterocycles. The average Bonchev–Trinajstić information content (AvgIpc) is 3.46. The molecule has 1 fully saturated rings. The van der Waals surface area contributed by atoms with Gasteiger partial charge in [-0.05, 0) is 51.8 Å². The summed E-state index contributed by atoms with van der Waals surface area (Å²) in [7, 11) is 3.58. The van der Waals surface area contributed by atoms with Gasteiger partial charge in [0.05, 0.1) is 31.3 Å². The summed E-state index contributed by atoms with van der Waals surface area (Å²) in [5.41, 5.74) is 11.2. The van der Waals surface area contributed by atoms with Gasteiger partial charge in [0.25, 0.3) is 0 Å². The van der Waals surface area contributed by atoms with Crippen molar-refractivity contribution in [1.82, 2.24) is 15.1 Å². The van der Waals surface area contributed by atoms with Crippen molar-refractivity contribution in [3.8, 4) is 34.8 Å². The Hall–Kier alpha value is -3.98. The first-order chi connectivity index (χ1) is 20.6. The highest BCUT2D eigenvalue weighted by atomic mass is 16.7. The second kappa shape index (κ2) is 10.9. The number of nitrogens with zero attached hydrogens (tertiary/aromatic N) is 3. The highest BCUT2D eigenvalue weighted by Crippen LogP contribution is 2.58. The summed E-state index contributed by atoms with van der Waals surface area (Å²) in [6, 6.07) is 2.30. The molecule has 2 bridgehead atoms. The lowest BCUT2D eigenvalue weighted by molar-refractivity contribution is -0.123. The van der Waals surface area contributed by atoms with Gasteiger partial charge in [0.1, 0.15) is 18.4 Å². The molecule has 1 saturated heterocycles. The lowest BCUT2D eigenvalue weighted by Gasteiger charge is -2.60. The highest BCUT2D eigenvalue weighted by molar-refractivity contribution is 5.81. The molecule has 4 aliphatic heterocycles. The van der Waals surface area contributed by atoms with Crippen LogP contribution >= 0.6 is 0 Å². The number of nitrogens with one attached hydrogen (secondary N) is 1. The molecular formula is C32H39N5O6. The summed E-state index contributed by atoms with van der Waals surface area (Å²) in [4.78, 5) is 17.2. The minimum absolute atomic E-state index is 0.0614. The van der Waals surface area contributed by atoms with Gasteiger partial charge in [-0.2, -0.15) is 5.26 Å². The third-order valence-corrected chi connectivity index (χ3v) is 9.49. The summed E-state index contributed by atoms with van der Waals surface area (Å²) < 4.78 is 24.0. The molecule has 4 heterocycles. The number of amides is 1. The van der Waals surface area contributed by atoms with E-state index in [9.17, 15) is 15.2 Å². The number of aromatic hydroxyl groups is 1. The normalized spacial score (nSPS) is 25.9. The smallest absolute Gasteiger partial charge is 0.236 e. The molecule has 11 heteroatoms. The zero-order valence-corrected chi connectivity index (χ0v) is 25.3. The number of hydrogen-bond acceptors (Lipinski definition) is 10. The minimum Gasteiger partial charge on any atom is -0.504 e. The van der Waals surface area contributed by atoms with E-state index < -0.39 is 18.1 Å². The molecular weight excluding hydrogens is 550 g/mol. The van der Waals surface area contributed by atoms with Gasteiger partial charge in [0.15, 0.2) is 23.0 Å². The van der Waals surface area contributed by atoms with Crippen molar-refractivity contribution in [3.63, 3.8) is 0 Å². The molecule has 6 rings (SSSR count). The van der Waals surface area contributed by atoms with E-state index in [2.05, 4.69) is 33.8 Å². The maximum Gasteiger partial charge on any atom is 0.236 e. The Labute approximate surface area is 251 Å². The number of piperazine rings is 1. The first-order valence-corrected chi connectivity index (χ1v) is 14.6. The molecule has 2 aromatic carbocycles. The van der Waals surface area contributed by atoms with E-state index in [1.807, 2.05) is 20.9 Å². The number of phenols is 1. The highest BCUT2D eigenvalue weighted by Gasteiger charge is 2.56. The standard InChI is InChI=1S/C32H39N5O6/c1-7-8-41-29-16(3)30-31(43-14-42-30)25-19(29)11-21-26-24-18(9-15(2)28(40-6)27(24)38)10-20(36(26)5)22(12-33)37(21)23(25)13-35-32(39)17(4)34/h7,9,17,20-23,26,38H,1,8,10-11,13-14,34H2,2-6H3,(H,35,39)/t17-,20-,21-,22-,23-,26-/m0/s1. The van der Waals surface area contributed by atoms with Crippen molar-refractivity contribution in [2.75, 3.05) is 34.1 Å². The van der Waals surface area contributed by atoms with E-state index in [4.69, 9.17) is 24.7 Å². The topological polar surface area (TPSA) is 143 Å². The quantitative estimate of drug-likeness (QED) is 0.413. The monoisotopic (exact) mass is 589 g/mol. The van der Waals surface area contributed by atoms with E-state index in [0.29, 0.717) is 42.4 Å². The first kappa shape index (κ1) is 29.1. The number of aryl methyl sites for hydroxylation is 1. The largest absolute Gasteiger partial charge is 0.504 e. The second-order valence-electron chi connectivity index (χ2n) is 11.9. The van der Waals surface area contributed by atoms with Crippen molar-refractivity contribution in [3.05, 3.63) is 52.1 Å². The Balaban J connectivity index is 1.60. The molecule has 0 aliphatic carbocycles. The zero-order valence-electron chi connectivity index (χ0n) is 25.3. The predicted molar refractivity (Wildman–Crippen MR) is 159 cm³/mol. The van der Waals surface area contributed by atoms with E-state index in [0.717, 1.165) is 33.4 Å². The molecule has 0 unspecified atom stereocenters. The van der Waals surface area contributed by atoms with Crippen LogP contribution in [-0.4, -0.2) is 79.1 Å². The number of carbonyl (C=O) groups is 1. The van der Waals surface area contributed by atoms with Gasteiger partial charge >= 0.3 is 0 Å². The number of rotatable bonds is 7.